The first-order chi connectivity index (χ1) is 6.81. The second kappa shape index (κ2) is 3.94. The van der Waals surface area contributed by atoms with Gasteiger partial charge >= 0.3 is 0 Å². The molecule has 1 aromatic heterocycles. The molecule has 4 N–H and O–H groups in total. The van der Waals surface area contributed by atoms with E-state index in [1.165, 1.54) is 5.56 Å². The van der Waals surface area contributed by atoms with Crippen molar-refractivity contribution < 1.29 is 0 Å². The van der Waals surface area contributed by atoms with E-state index >= 15 is 0 Å². The van der Waals surface area contributed by atoms with E-state index in [2.05, 4.69) is 10.3 Å². The van der Waals surface area contributed by atoms with Crippen molar-refractivity contribution in [3.05, 3.63) is 33.7 Å². The van der Waals surface area contributed by atoms with Gasteiger partial charge in [0.1, 0.15) is 0 Å². The van der Waals surface area contributed by atoms with Gasteiger partial charge in [-0.05, 0) is 30.5 Å². The highest BCUT2D eigenvalue weighted by Gasteiger charge is 2.17. The zero-order chi connectivity index (χ0) is 9.97. The second-order valence-electron chi connectivity index (χ2n) is 3.68. The molecule has 0 amide bonds. The fourth-order valence-electron chi connectivity index (χ4n) is 1.88. The minimum Gasteiger partial charge on any atom is -0.329 e. The molecule has 0 aliphatic carbocycles. The van der Waals surface area contributed by atoms with E-state index in [1.54, 1.807) is 6.20 Å². The standard InChI is InChI=1S/C10H15N3O/c11-4-8-3-9(6-13-10(8)14)7-1-2-12-5-7/h3,6-7,12H,1-2,4-5,11H2,(H,13,14). The molecule has 2 heterocycles. The van der Waals surface area contributed by atoms with Crippen LogP contribution in [0.1, 0.15) is 23.5 Å². The van der Waals surface area contributed by atoms with Crippen LogP contribution < -0.4 is 16.6 Å². The third kappa shape index (κ3) is 1.71. The van der Waals surface area contributed by atoms with Crippen molar-refractivity contribution >= 4 is 0 Å². The minimum absolute atomic E-state index is 0.0674. The lowest BCUT2D eigenvalue weighted by Crippen LogP contribution is -2.17. The smallest absolute Gasteiger partial charge is 0.252 e. The number of nitrogens with one attached hydrogen (secondary N) is 2. The van der Waals surface area contributed by atoms with Gasteiger partial charge in [0, 0.05) is 24.8 Å². The molecular weight excluding hydrogens is 178 g/mol. The highest BCUT2D eigenvalue weighted by Crippen LogP contribution is 2.20. The number of aromatic nitrogens is 1. The fourth-order valence-corrected chi connectivity index (χ4v) is 1.88. The lowest BCUT2D eigenvalue weighted by molar-refractivity contribution is 0.754. The summed E-state index contributed by atoms with van der Waals surface area (Å²) in [7, 11) is 0. The number of rotatable bonds is 2. The van der Waals surface area contributed by atoms with Crippen LogP contribution in [-0.2, 0) is 6.54 Å². The highest BCUT2D eigenvalue weighted by atomic mass is 16.1. The van der Waals surface area contributed by atoms with Crippen LogP contribution in [0.2, 0.25) is 0 Å². The maximum absolute atomic E-state index is 11.3. The number of hydrogen-bond donors (Lipinski definition) is 3. The van der Waals surface area contributed by atoms with Gasteiger partial charge in [0.15, 0.2) is 0 Å². The molecule has 0 bridgehead atoms. The maximum atomic E-state index is 11.3. The number of aromatic amines is 1. The zero-order valence-corrected chi connectivity index (χ0v) is 8.05. The molecule has 0 saturated carbocycles. The topological polar surface area (TPSA) is 70.9 Å². The van der Waals surface area contributed by atoms with Gasteiger partial charge in [-0.15, -0.1) is 0 Å². The van der Waals surface area contributed by atoms with Crippen molar-refractivity contribution in [1.29, 1.82) is 0 Å². The number of hydrogen-bond acceptors (Lipinski definition) is 3. The molecule has 76 valence electrons. The monoisotopic (exact) mass is 193 g/mol. The predicted octanol–water partition coefficient (Wildman–Crippen LogP) is -0.0895. The molecule has 0 spiro atoms. The average molecular weight is 193 g/mol. The average Bonchev–Trinajstić information content (AvgIpc) is 2.71. The van der Waals surface area contributed by atoms with Crippen LogP contribution in [0.25, 0.3) is 0 Å². The van der Waals surface area contributed by atoms with Gasteiger partial charge in [0.25, 0.3) is 5.56 Å². The Kier molecular flexibility index (Phi) is 2.65. The number of nitrogens with two attached hydrogens (primary N) is 1. The predicted molar refractivity (Wildman–Crippen MR) is 55.2 cm³/mol. The summed E-state index contributed by atoms with van der Waals surface area (Å²) in [4.78, 5) is 14.0. The van der Waals surface area contributed by atoms with Crippen LogP contribution in [0.5, 0.6) is 0 Å². The van der Waals surface area contributed by atoms with E-state index in [0.29, 0.717) is 18.0 Å². The Bertz CT molecular complexity index is 366. The molecule has 2 rings (SSSR count). The Hall–Kier alpha value is -1.13. The normalized spacial score (nSPS) is 21.4. The molecule has 1 aliphatic rings. The number of pyridine rings is 1. The largest absolute Gasteiger partial charge is 0.329 e. The van der Waals surface area contributed by atoms with Crippen molar-refractivity contribution in [2.45, 2.75) is 18.9 Å². The third-order valence-corrected chi connectivity index (χ3v) is 2.75. The first kappa shape index (κ1) is 9.43. The molecule has 1 atom stereocenters. The summed E-state index contributed by atoms with van der Waals surface area (Å²) >= 11 is 0. The lowest BCUT2D eigenvalue weighted by atomic mass is 9.99. The van der Waals surface area contributed by atoms with Crippen LogP contribution in [0.15, 0.2) is 17.1 Å². The third-order valence-electron chi connectivity index (χ3n) is 2.75. The SMILES string of the molecule is NCc1cc(C2CCNC2)c[nH]c1=O. The number of H-pyrrole nitrogens is 1. The molecule has 4 heteroatoms. The van der Waals surface area contributed by atoms with Crippen molar-refractivity contribution in [2.24, 2.45) is 5.73 Å². The van der Waals surface area contributed by atoms with Gasteiger partial charge in [0.05, 0.1) is 0 Å². The molecule has 4 nitrogen and oxygen atoms in total. The van der Waals surface area contributed by atoms with E-state index in [4.69, 9.17) is 5.73 Å². The molecule has 1 unspecified atom stereocenters. The van der Waals surface area contributed by atoms with Gasteiger partial charge in [-0.1, -0.05) is 0 Å². The summed E-state index contributed by atoms with van der Waals surface area (Å²) in [5.41, 5.74) is 7.28. The quantitative estimate of drug-likeness (QED) is 0.614. The lowest BCUT2D eigenvalue weighted by Gasteiger charge is -2.08. The van der Waals surface area contributed by atoms with Crippen LogP contribution in [0.4, 0.5) is 0 Å². The van der Waals surface area contributed by atoms with Crippen LogP contribution in [0, 0.1) is 0 Å². The van der Waals surface area contributed by atoms with E-state index < -0.39 is 0 Å². The Morgan fingerprint density at radius 2 is 2.43 bits per heavy atom. The summed E-state index contributed by atoms with van der Waals surface area (Å²) in [5.74, 6) is 0.525. The molecule has 0 radical (unpaired) electrons. The molecular formula is C10H15N3O. The summed E-state index contributed by atoms with van der Waals surface area (Å²) < 4.78 is 0. The fraction of sp³-hybridized carbons (Fsp3) is 0.500. The van der Waals surface area contributed by atoms with Crippen LogP contribution >= 0.6 is 0 Å². The van der Waals surface area contributed by atoms with Crippen LogP contribution in [-0.4, -0.2) is 18.1 Å². The Morgan fingerprint density at radius 3 is 3.07 bits per heavy atom. The van der Waals surface area contributed by atoms with Gasteiger partial charge in [0.2, 0.25) is 0 Å². The summed E-state index contributed by atoms with van der Waals surface area (Å²) in [6.45, 7) is 2.36. The van der Waals surface area contributed by atoms with E-state index in [-0.39, 0.29) is 5.56 Å². The molecule has 14 heavy (non-hydrogen) atoms. The Labute approximate surface area is 82.5 Å². The molecule has 0 aromatic carbocycles. The Balaban J connectivity index is 2.30. The van der Waals surface area contributed by atoms with Gasteiger partial charge in [-0.3, -0.25) is 4.79 Å². The molecule has 1 aromatic rings. The van der Waals surface area contributed by atoms with Crippen molar-refractivity contribution in [1.82, 2.24) is 10.3 Å². The molecule has 1 saturated heterocycles. The molecule has 1 aliphatic heterocycles. The van der Waals surface area contributed by atoms with Gasteiger partial charge in [-0.2, -0.15) is 0 Å². The summed E-state index contributed by atoms with van der Waals surface area (Å²) in [6.07, 6.45) is 2.94. The Morgan fingerprint density at radius 1 is 1.57 bits per heavy atom. The van der Waals surface area contributed by atoms with E-state index in [1.807, 2.05) is 6.07 Å². The van der Waals surface area contributed by atoms with E-state index in [9.17, 15) is 4.79 Å². The summed E-state index contributed by atoms with van der Waals surface area (Å²) in [5, 5.41) is 3.30. The maximum Gasteiger partial charge on any atom is 0.252 e. The minimum atomic E-state index is -0.0674. The van der Waals surface area contributed by atoms with E-state index in [0.717, 1.165) is 19.5 Å². The first-order valence-electron chi connectivity index (χ1n) is 4.93. The zero-order valence-electron chi connectivity index (χ0n) is 8.05. The van der Waals surface area contributed by atoms with Gasteiger partial charge < -0.3 is 16.0 Å². The van der Waals surface area contributed by atoms with Crippen molar-refractivity contribution in [3.63, 3.8) is 0 Å². The molecule has 1 fully saturated rings. The summed E-state index contributed by atoms with van der Waals surface area (Å²) in [6, 6.07) is 1.93. The van der Waals surface area contributed by atoms with Crippen LogP contribution in [0.3, 0.4) is 0 Å². The second-order valence-corrected chi connectivity index (χ2v) is 3.68. The van der Waals surface area contributed by atoms with Crippen molar-refractivity contribution in [2.75, 3.05) is 13.1 Å². The highest BCUT2D eigenvalue weighted by molar-refractivity contribution is 5.23. The first-order valence-corrected chi connectivity index (χ1v) is 4.93. The van der Waals surface area contributed by atoms with Crippen molar-refractivity contribution in [3.8, 4) is 0 Å². The van der Waals surface area contributed by atoms with Gasteiger partial charge in [-0.25, -0.2) is 0 Å².